The monoisotopic (exact) mass is 414 g/mol. The first kappa shape index (κ1) is 21.1. The van der Waals surface area contributed by atoms with E-state index >= 15 is 0 Å². The quantitative estimate of drug-likeness (QED) is 0.522. The highest BCUT2D eigenvalue weighted by molar-refractivity contribution is 5.79. The van der Waals surface area contributed by atoms with E-state index in [2.05, 4.69) is 29.2 Å². The molecule has 1 heterocycles. The Morgan fingerprint density at radius 1 is 0.935 bits per heavy atom. The maximum Gasteiger partial charge on any atom is 0.227 e. The lowest BCUT2D eigenvalue weighted by Crippen LogP contribution is -2.43. The van der Waals surface area contributed by atoms with Crippen LogP contribution in [0.3, 0.4) is 0 Å². The summed E-state index contributed by atoms with van der Waals surface area (Å²) >= 11 is 0. The number of piperidine rings is 1. The predicted octanol–water partition coefficient (Wildman–Crippen LogP) is 5.35. The molecule has 4 heteroatoms. The summed E-state index contributed by atoms with van der Waals surface area (Å²) in [6, 6.07) is 28.3. The van der Waals surface area contributed by atoms with Crippen molar-refractivity contribution in [1.29, 1.82) is 0 Å². The molecule has 160 valence electrons. The van der Waals surface area contributed by atoms with E-state index in [0.29, 0.717) is 6.54 Å². The largest absolute Gasteiger partial charge is 0.457 e. The Morgan fingerprint density at radius 2 is 1.61 bits per heavy atom. The maximum atomic E-state index is 13.0. The van der Waals surface area contributed by atoms with Gasteiger partial charge in [0, 0.05) is 26.7 Å². The van der Waals surface area contributed by atoms with Crippen LogP contribution in [0.2, 0.25) is 0 Å². The number of ether oxygens (including phenoxy) is 1. The van der Waals surface area contributed by atoms with Gasteiger partial charge in [0.2, 0.25) is 5.91 Å². The molecule has 0 saturated carbocycles. The highest BCUT2D eigenvalue weighted by atomic mass is 16.5. The van der Waals surface area contributed by atoms with Crippen molar-refractivity contribution in [3.05, 3.63) is 96.1 Å². The number of carbonyl (C=O) groups is 1. The lowest BCUT2D eigenvalue weighted by Gasteiger charge is -2.34. The Kier molecular flexibility index (Phi) is 7.00. The number of carbonyl (C=O) groups excluding carboxylic acids is 1. The standard InChI is InChI=1S/C27H30N2O2/c1-28(19-22-10-4-2-5-11-22)27(30)24-13-9-17-29(21-24)20-23-12-8-16-26(18-23)31-25-14-6-3-7-15-25/h2-8,10-12,14-16,18,24H,9,13,17,19-21H2,1H3/t24-/m0/s1. The molecular formula is C27H30N2O2. The van der Waals surface area contributed by atoms with Gasteiger partial charge in [-0.05, 0) is 54.8 Å². The fourth-order valence-electron chi connectivity index (χ4n) is 4.24. The van der Waals surface area contributed by atoms with Crippen LogP contribution < -0.4 is 4.74 Å². The van der Waals surface area contributed by atoms with Crippen molar-refractivity contribution >= 4 is 5.91 Å². The third kappa shape index (κ3) is 5.96. The first-order valence-corrected chi connectivity index (χ1v) is 11.0. The average Bonchev–Trinajstić information content (AvgIpc) is 2.80. The van der Waals surface area contributed by atoms with E-state index in [-0.39, 0.29) is 11.8 Å². The van der Waals surface area contributed by atoms with Crippen molar-refractivity contribution in [3.8, 4) is 11.5 Å². The molecule has 3 aromatic carbocycles. The van der Waals surface area contributed by atoms with Crippen molar-refractivity contribution in [1.82, 2.24) is 9.80 Å². The third-order valence-electron chi connectivity index (χ3n) is 5.78. The van der Waals surface area contributed by atoms with E-state index in [1.165, 1.54) is 11.1 Å². The number of para-hydroxylation sites is 1. The van der Waals surface area contributed by atoms with Crippen molar-refractivity contribution < 1.29 is 9.53 Å². The lowest BCUT2D eigenvalue weighted by molar-refractivity contribution is -0.136. The molecule has 0 spiro atoms. The zero-order valence-corrected chi connectivity index (χ0v) is 18.1. The molecule has 0 radical (unpaired) electrons. The zero-order valence-electron chi connectivity index (χ0n) is 18.1. The van der Waals surface area contributed by atoms with Gasteiger partial charge in [-0.3, -0.25) is 9.69 Å². The van der Waals surface area contributed by atoms with Gasteiger partial charge in [0.25, 0.3) is 0 Å². The van der Waals surface area contributed by atoms with Crippen LogP contribution in [0.15, 0.2) is 84.9 Å². The molecule has 0 aliphatic carbocycles. The molecule has 1 aliphatic rings. The van der Waals surface area contributed by atoms with Gasteiger partial charge in [-0.1, -0.05) is 60.7 Å². The molecule has 4 rings (SSSR count). The van der Waals surface area contributed by atoms with E-state index in [0.717, 1.165) is 44.0 Å². The first-order valence-electron chi connectivity index (χ1n) is 11.0. The highest BCUT2D eigenvalue weighted by Gasteiger charge is 2.28. The molecule has 1 amide bonds. The zero-order chi connectivity index (χ0) is 21.5. The van der Waals surface area contributed by atoms with Crippen LogP contribution in [0.4, 0.5) is 0 Å². The third-order valence-corrected chi connectivity index (χ3v) is 5.78. The van der Waals surface area contributed by atoms with Crippen LogP contribution in [0.25, 0.3) is 0 Å². The van der Waals surface area contributed by atoms with E-state index in [4.69, 9.17) is 4.74 Å². The fraction of sp³-hybridized carbons (Fsp3) is 0.296. The summed E-state index contributed by atoms with van der Waals surface area (Å²) in [5.74, 6) is 1.99. The molecule has 4 nitrogen and oxygen atoms in total. The summed E-state index contributed by atoms with van der Waals surface area (Å²) in [6.07, 6.45) is 2.02. The Morgan fingerprint density at radius 3 is 2.39 bits per heavy atom. The number of benzene rings is 3. The topological polar surface area (TPSA) is 32.8 Å². The van der Waals surface area contributed by atoms with Gasteiger partial charge in [-0.25, -0.2) is 0 Å². The Labute approximate surface area is 185 Å². The van der Waals surface area contributed by atoms with Crippen LogP contribution in [0.1, 0.15) is 24.0 Å². The smallest absolute Gasteiger partial charge is 0.227 e. The first-order chi connectivity index (χ1) is 15.2. The summed E-state index contributed by atoms with van der Waals surface area (Å²) in [5.41, 5.74) is 2.38. The second-order valence-electron chi connectivity index (χ2n) is 8.32. The number of rotatable bonds is 7. The Hall–Kier alpha value is -3.11. The van der Waals surface area contributed by atoms with Gasteiger partial charge in [0.15, 0.2) is 0 Å². The number of hydrogen-bond donors (Lipinski definition) is 0. The van der Waals surface area contributed by atoms with Crippen molar-refractivity contribution in [3.63, 3.8) is 0 Å². The van der Waals surface area contributed by atoms with Crippen LogP contribution in [-0.4, -0.2) is 35.8 Å². The minimum absolute atomic E-state index is 0.0613. The molecule has 1 aliphatic heterocycles. The number of nitrogens with zero attached hydrogens (tertiary/aromatic N) is 2. The lowest BCUT2D eigenvalue weighted by atomic mass is 9.96. The van der Waals surface area contributed by atoms with Crippen LogP contribution in [0.5, 0.6) is 11.5 Å². The number of hydrogen-bond acceptors (Lipinski definition) is 3. The van der Waals surface area contributed by atoms with Gasteiger partial charge in [-0.2, -0.15) is 0 Å². The summed E-state index contributed by atoms with van der Waals surface area (Å²) in [6.45, 7) is 3.32. The molecule has 3 aromatic rings. The highest BCUT2D eigenvalue weighted by Crippen LogP contribution is 2.25. The molecule has 0 bridgehead atoms. The van der Waals surface area contributed by atoms with Gasteiger partial charge >= 0.3 is 0 Å². The molecule has 0 aromatic heterocycles. The normalized spacial score (nSPS) is 16.6. The minimum Gasteiger partial charge on any atom is -0.457 e. The average molecular weight is 415 g/mol. The summed E-state index contributed by atoms with van der Waals surface area (Å²) in [7, 11) is 1.92. The van der Waals surface area contributed by atoms with Crippen LogP contribution >= 0.6 is 0 Å². The van der Waals surface area contributed by atoms with E-state index in [1.807, 2.05) is 72.6 Å². The molecule has 31 heavy (non-hydrogen) atoms. The predicted molar refractivity (Wildman–Crippen MR) is 124 cm³/mol. The molecule has 0 unspecified atom stereocenters. The SMILES string of the molecule is CN(Cc1ccccc1)C(=O)[C@H]1CCCN(Cc2cccc(Oc3ccccc3)c2)C1. The van der Waals surface area contributed by atoms with Gasteiger partial charge in [0.05, 0.1) is 5.92 Å². The molecule has 1 saturated heterocycles. The summed E-state index contributed by atoms with van der Waals surface area (Å²) < 4.78 is 5.98. The van der Waals surface area contributed by atoms with E-state index < -0.39 is 0 Å². The molecule has 0 N–H and O–H groups in total. The minimum atomic E-state index is 0.0613. The summed E-state index contributed by atoms with van der Waals surface area (Å²) in [5, 5.41) is 0. The van der Waals surface area contributed by atoms with Gasteiger partial charge in [-0.15, -0.1) is 0 Å². The van der Waals surface area contributed by atoms with Crippen molar-refractivity contribution in [2.45, 2.75) is 25.9 Å². The van der Waals surface area contributed by atoms with Gasteiger partial charge < -0.3 is 9.64 Å². The number of likely N-dealkylation sites (tertiary alicyclic amines) is 1. The maximum absolute atomic E-state index is 13.0. The number of amides is 1. The van der Waals surface area contributed by atoms with Crippen molar-refractivity contribution in [2.24, 2.45) is 5.92 Å². The van der Waals surface area contributed by atoms with Gasteiger partial charge in [0.1, 0.15) is 11.5 Å². The Balaban J connectivity index is 1.34. The van der Waals surface area contributed by atoms with Crippen molar-refractivity contribution in [2.75, 3.05) is 20.1 Å². The van der Waals surface area contributed by atoms with E-state index in [9.17, 15) is 4.79 Å². The second-order valence-corrected chi connectivity index (χ2v) is 8.32. The fourth-order valence-corrected chi connectivity index (χ4v) is 4.24. The summed E-state index contributed by atoms with van der Waals surface area (Å²) in [4.78, 5) is 17.3. The second kappa shape index (κ2) is 10.3. The molecular weight excluding hydrogens is 384 g/mol. The molecule has 1 atom stereocenters. The van der Waals surface area contributed by atoms with Crippen LogP contribution in [0, 0.1) is 5.92 Å². The van der Waals surface area contributed by atoms with Crippen LogP contribution in [-0.2, 0) is 17.9 Å². The van der Waals surface area contributed by atoms with E-state index in [1.54, 1.807) is 0 Å². The Bertz CT molecular complexity index is 975. The molecule has 1 fully saturated rings.